The predicted molar refractivity (Wildman–Crippen MR) is 73.8 cm³/mol. The molecule has 2 aromatic heterocycles. The van der Waals surface area contributed by atoms with Gasteiger partial charge in [0.05, 0.1) is 5.69 Å². The van der Waals surface area contributed by atoms with Crippen LogP contribution in [0.3, 0.4) is 0 Å². The van der Waals surface area contributed by atoms with Gasteiger partial charge in [-0.2, -0.15) is 26.3 Å². The molecule has 0 saturated carbocycles. The van der Waals surface area contributed by atoms with Gasteiger partial charge < -0.3 is 15.0 Å². The second kappa shape index (κ2) is 9.05. The first-order valence-corrected chi connectivity index (χ1v) is 7.07. The van der Waals surface area contributed by atoms with Crippen molar-refractivity contribution < 1.29 is 50.8 Å². The molecule has 8 nitrogen and oxygen atoms in total. The minimum Gasteiger partial charge on any atom is -0.542 e. The van der Waals surface area contributed by atoms with Crippen molar-refractivity contribution in [1.82, 2.24) is 15.3 Å². The van der Waals surface area contributed by atoms with Crippen LogP contribution in [0.5, 0.6) is 0 Å². The third-order valence-electron chi connectivity index (χ3n) is 2.81. The normalized spacial score (nSPS) is 11.4. The lowest BCUT2D eigenvalue weighted by atomic mass is 10.2. The molecule has 0 atom stereocenters. The number of carbonyl (C=O) groups is 2. The number of alkyl halides is 6. The van der Waals surface area contributed by atoms with E-state index in [0.29, 0.717) is 5.56 Å². The SMILES string of the molecule is O=C(O)CC[n+]1ccc(-c2ccc(C(F)(F)F)nn2)cn1.O=C([O-])C(F)(F)F. The van der Waals surface area contributed by atoms with Gasteiger partial charge in [0.2, 0.25) is 0 Å². The lowest BCUT2D eigenvalue weighted by molar-refractivity contribution is -0.752. The van der Waals surface area contributed by atoms with E-state index >= 15 is 0 Å². The van der Waals surface area contributed by atoms with Crippen LogP contribution < -0.4 is 9.79 Å². The number of halogens is 6. The molecule has 0 fully saturated rings. The molecule has 0 amide bonds. The van der Waals surface area contributed by atoms with Gasteiger partial charge in [-0.1, -0.05) is 4.68 Å². The second-order valence-corrected chi connectivity index (χ2v) is 4.91. The number of hydrogen-bond acceptors (Lipinski definition) is 6. The van der Waals surface area contributed by atoms with Crippen molar-refractivity contribution >= 4 is 11.9 Å². The Kier molecular flexibility index (Phi) is 7.35. The molecular formula is C14H10F6N4O4. The minimum atomic E-state index is -5.19. The van der Waals surface area contributed by atoms with E-state index in [0.717, 1.165) is 6.07 Å². The fourth-order valence-corrected chi connectivity index (χ4v) is 1.52. The van der Waals surface area contributed by atoms with Crippen LogP contribution in [0.1, 0.15) is 12.1 Å². The summed E-state index contributed by atoms with van der Waals surface area (Å²) in [4.78, 5) is 19.2. The topological polar surface area (TPSA) is 120 Å². The summed E-state index contributed by atoms with van der Waals surface area (Å²) in [5.41, 5.74) is -0.324. The smallest absolute Gasteiger partial charge is 0.435 e. The first kappa shape index (κ1) is 22.7. The van der Waals surface area contributed by atoms with E-state index in [-0.39, 0.29) is 18.7 Å². The van der Waals surface area contributed by atoms with Crippen molar-refractivity contribution in [2.45, 2.75) is 25.3 Å². The number of rotatable bonds is 4. The molecule has 2 heterocycles. The summed E-state index contributed by atoms with van der Waals surface area (Å²) in [6.07, 6.45) is -6.88. The Bertz CT molecular complexity index is 807. The van der Waals surface area contributed by atoms with E-state index in [9.17, 15) is 31.1 Å². The molecular weight excluding hydrogens is 402 g/mol. The Labute approximate surface area is 152 Å². The fraction of sp³-hybridized carbons (Fsp3) is 0.286. The van der Waals surface area contributed by atoms with Crippen molar-refractivity contribution in [2.24, 2.45) is 0 Å². The molecule has 1 N–H and O–H groups in total. The third kappa shape index (κ3) is 7.51. The summed E-state index contributed by atoms with van der Waals surface area (Å²) >= 11 is 0. The number of carboxylic acid groups (broad SMARTS) is 2. The van der Waals surface area contributed by atoms with Crippen LogP contribution in [0.2, 0.25) is 0 Å². The van der Waals surface area contributed by atoms with E-state index < -0.39 is 30.0 Å². The lowest BCUT2D eigenvalue weighted by Gasteiger charge is -2.04. The van der Waals surface area contributed by atoms with Crippen molar-refractivity contribution in [3.8, 4) is 11.3 Å². The van der Waals surface area contributed by atoms with Gasteiger partial charge in [0.25, 0.3) is 0 Å². The van der Waals surface area contributed by atoms with Crippen molar-refractivity contribution in [3.05, 3.63) is 36.3 Å². The van der Waals surface area contributed by atoms with Gasteiger partial charge in [0.15, 0.2) is 18.4 Å². The van der Waals surface area contributed by atoms with Gasteiger partial charge in [0.1, 0.15) is 18.6 Å². The minimum absolute atomic E-state index is 0.0723. The summed E-state index contributed by atoms with van der Waals surface area (Å²) in [5.74, 6) is -3.95. The van der Waals surface area contributed by atoms with Crippen LogP contribution in [-0.4, -0.2) is 38.5 Å². The molecule has 0 aliphatic rings. The Balaban J connectivity index is 0.000000480. The van der Waals surface area contributed by atoms with Gasteiger partial charge in [-0.25, -0.2) is 0 Å². The van der Waals surface area contributed by atoms with Gasteiger partial charge in [-0.05, 0) is 17.2 Å². The molecule has 28 heavy (non-hydrogen) atoms. The zero-order chi connectivity index (χ0) is 21.5. The molecule has 0 radical (unpaired) electrons. The Morgan fingerprint density at radius 3 is 2.04 bits per heavy atom. The number of aliphatic carboxylic acids is 2. The molecule has 0 aliphatic heterocycles. The lowest BCUT2D eigenvalue weighted by Crippen LogP contribution is -2.38. The summed E-state index contributed by atoms with van der Waals surface area (Å²) in [6.45, 7) is 0.203. The van der Waals surface area contributed by atoms with E-state index in [1.54, 1.807) is 6.07 Å². The van der Waals surface area contributed by atoms with Crippen LogP contribution in [0.25, 0.3) is 11.3 Å². The Morgan fingerprint density at radius 2 is 1.68 bits per heavy atom. The highest BCUT2D eigenvalue weighted by Crippen LogP contribution is 2.27. The molecule has 14 heteroatoms. The standard InChI is InChI=1S/C12H9F3N4O2.C2HF3O2/c13-12(14,15)10-2-1-9(17-18-10)8-3-5-19(16-7-8)6-4-11(20)21;3-2(4,5)1(6)7/h1-3,5,7H,4,6H2;(H,6,7). The Hall–Kier alpha value is -3.32. The highest BCUT2D eigenvalue weighted by atomic mass is 19.4. The molecule has 0 spiro atoms. The monoisotopic (exact) mass is 412 g/mol. The second-order valence-electron chi connectivity index (χ2n) is 4.91. The summed E-state index contributed by atoms with van der Waals surface area (Å²) in [5, 5.41) is 27.9. The van der Waals surface area contributed by atoms with Crippen LogP contribution in [-0.2, 0) is 22.3 Å². The molecule has 0 saturated heterocycles. The van der Waals surface area contributed by atoms with Gasteiger partial charge in [0, 0.05) is 11.6 Å². The molecule has 0 bridgehead atoms. The van der Waals surface area contributed by atoms with Crippen molar-refractivity contribution in [3.63, 3.8) is 0 Å². The van der Waals surface area contributed by atoms with E-state index in [1.165, 1.54) is 23.1 Å². The molecule has 0 aromatic carbocycles. The zero-order valence-electron chi connectivity index (χ0n) is 13.5. The molecule has 2 rings (SSSR count). The van der Waals surface area contributed by atoms with Crippen molar-refractivity contribution in [1.29, 1.82) is 0 Å². The largest absolute Gasteiger partial charge is 0.542 e. The molecule has 2 aromatic rings. The number of carbonyl (C=O) groups excluding carboxylic acids is 1. The van der Waals surface area contributed by atoms with E-state index in [1.807, 2.05) is 0 Å². The third-order valence-corrected chi connectivity index (χ3v) is 2.81. The van der Waals surface area contributed by atoms with E-state index in [2.05, 4.69) is 15.3 Å². The van der Waals surface area contributed by atoms with Crippen LogP contribution in [0.15, 0.2) is 30.6 Å². The quantitative estimate of drug-likeness (QED) is 0.577. The fourth-order valence-electron chi connectivity index (χ4n) is 1.52. The highest BCUT2D eigenvalue weighted by molar-refractivity contribution is 5.70. The summed E-state index contributed by atoms with van der Waals surface area (Å²) in [7, 11) is 0. The number of aromatic nitrogens is 4. The van der Waals surface area contributed by atoms with Gasteiger partial charge in [-0.15, -0.1) is 10.2 Å². The molecule has 152 valence electrons. The van der Waals surface area contributed by atoms with Crippen LogP contribution in [0.4, 0.5) is 26.3 Å². The molecule has 0 aliphatic carbocycles. The number of carboxylic acids is 2. The van der Waals surface area contributed by atoms with Gasteiger partial charge >= 0.3 is 18.3 Å². The highest BCUT2D eigenvalue weighted by Gasteiger charge is 2.33. The van der Waals surface area contributed by atoms with Crippen LogP contribution in [0, 0.1) is 0 Å². The predicted octanol–water partition coefficient (Wildman–Crippen LogP) is 0.618. The van der Waals surface area contributed by atoms with Gasteiger partial charge in [-0.3, -0.25) is 4.79 Å². The first-order chi connectivity index (χ1) is 12.8. The number of nitrogens with zero attached hydrogens (tertiary/aromatic N) is 4. The summed E-state index contributed by atoms with van der Waals surface area (Å²) in [6, 6.07) is 3.62. The van der Waals surface area contributed by atoms with Crippen LogP contribution >= 0.6 is 0 Å². The maximum absolute atomic E-state index is 12.4. The summed E-state index contributed by atoms with van der Waals surface area (Å²) < 4.78 is 70.0. The maximum Gasteiger partial charge on any atom is 0.435 e. The first-order valence-electron chi connectivity index (χ1n) is 7.07. The van der Waals surface area contributed by atoms with Crippen molar-refractivity contribution in [2.75, 3.05) is 0 Å². The van der Waals surface area contributed by atoms with E-state index in [4.69, 9.17) is 15.0 Å². The average Bonchev–Trinajstić information content (AvgIpc) is 2.59. The Morgan fingerprint density at radius 1 is 1.07 bits per heavy atom. The maximum atomic E-state index is 12.4. The average molecular weight is 412 g/mol. The number of hydrogen-bond donors (Lipinski definition) is 1. The number of aryl methyl sites for hydroxylation is 1. The molecule has 0 unspecified atom stereocenters. The zero-order valence-corrected chi connectivity index (χ0v) is 13.5.